The molecule has 0 bridgehead atoms. The Hall–Kier alpha value is -3.61. The van der Waals surface area contributed by atoms with Gasteiger partial charge in [-0.05, 0) is 60.7 Å². The third kappa shape index (κ3) is 4.76. The maximum atomic E-state index is 12.9. The number of hydrogen-bond acceptors (Lipinski definition) is 4. The van der Waals surface area contributed by atoms with E-state index in [4.69, 9.17) is 9.15 Å². The van der Waals surface area contributed by atoms with Crippen LogP contribution in [0.5, 0.6) is 5.75 Å². The van der Waals surface area contributed by atoms with Gasteiger partial charge in [-0.25, -0.2) is 4.39 Å². The fourth-order valence-corrected chi connectivity index (χ4v) is 2.41. The van der Waals surface area contributed by atoms with Crippen LogP contribution in [0, 0.1) is 5.82 Å². The lowest BCUT2D eigenvalue weighted by Crippen LogP contribution is -2.22. The first kappa shape index (κ1) is 19.2. The van der Waals surface area contributed by atoms with Crippen LogP contribution in [0.4, 0.5) is 15.8 Å². The molecule has 0 aliphatic heterocycles. The molecule has 3 rings (SSSR count). The van der Waals surface area contributed by atoms with Crippen LogP contribution in [0.25, 0.3) is 0 Å². The number of halogens is 1. The molecule has 7 heteroatoms. The first-order valence-corrected chi connectivity index (χ1v) is 8.55. The van der Waals surface area contributed by atoms with Gasteiger partial charge in [0.2, 0.25) is 5.91 Å². The molecule has 3 aromatic rings. The van der Waals surface area contributed by atoms with E-state index < -0.39 is 5.91 Å². The smallest absolute Gasteiger partial charge is 0.291 e. The van der Waals surface area contributed by atoms with E-state index in [2.05, 4.69) is 5.32 Å². The Labute approximate surface area is 161 Å². The van der Waals surface area contributed by atoms with Crippen LogP contribution in [-0.4, -0.2) is 18.9 Å². The molecule has 144 valence electrons. The average molecular weight is 382 g/mol. The van der Waals surface area contributed by atoms with Crippen molar-refractivity contribution in [3.63, 3.8) is 0 Å². The lowest BCUT2D eigenvalue weighted by atomic mass is 10.2. The number of hydrogen-bond donors (Lipinski definition) is 1. The van der Waals surface area contributed by atoms with Gasteiger partial charge in [-0.3, -0.25) is 9.59 Å². The molecule has 0 fully saturated rings. The number of ether oxygens (including phenoxy) is 1. The quantitative estimate of drug-likeness (QED) is 0.692. The second kappa shape index (κ2) is 8.39. The van der Waals surface area contributed by atoms with Crippen molar-refractivity contribution in [2.24, 2.45) is 0 Å². The third-order valence-corrected chi connectivity index (χ3v) is 4.06. The number of nitrogens with one attached hydrogen (secondary N) is 1. The summed E-state index contributed by atoms with van der Waals surface area (Å²) in [7, 11) is 1.67. The van der Waals surface area contributed by atoms with Crippen LogP contribution in [0.1, 0.15) is 23.2 Å². The summed E-state index contributed by atoms with van der Waals surface area (Å²) in [5.41, 5.74) is 1.30. The molecule has 0 saturated heterocycles. The molecular formula is C21H19FN2O4. The van der Waals surface area contributed by atoms with Gasteiger partial charge in [0.1, 0.15) is 23.9 Å². The highest BCUT2D eigenvalue weighted by Crippen LogP contribution is 2.19. The van der Waals surface area contributed by atoms with E-state index in [-0.39, 0.29) is 24.1 Å². The van der Waals surface area contributed by atoms with Gasteiger partial charge in [-0.2, -0.15) is 0 Å². The number of carbonyl (C=O) groups is 2. The van der Waals surface area contributed by atoms with Crippen molar-refractivity contribution in [3.8, 4) is 5.75 Å². The van der Waals surface area contributed by atoms with E-state index in [1.165, 1.54) is 36.1 Å². The summed E-state index contributed by atoms with van der Waals surface area (Å²) in [6.45, 7) is 1.59. The zero-order chi connectivity index (χ0) is 20.1. The first-order chi connectivity index (χ1) is 13.4. The molecule has 1 heterocycles. The van der Waals surface area contributed by atoms with Crippen molar-refractivity contribution in [1.82, 2.24) is 0 Å². The number of amides is 2. The molecule has 6 nitrogen and oxygen atoms in total. The summed E-state index contributed by atoms with van der Waals surface area (Å²) in [6, 6.07) is 15.7. The van der Waals surface area contributed by atoms with Crippen LogP contribution < -0.4 is 15.0 Å². The lowest BCUT2D eigenvalue weighted by molar-refractivity contribution is -0.116. The molecule has 0 saturated carbocycles. The number of furan rings is 1. The van der Waals surface area contributed by atoms with E-state index in [1.54, 1.807) is 43.4 Å². The molecule has 0 atom stereocenters. The maximum absolute atomic E-state index is 12.9. The van der Waals surface area contributed by atoms with E-state index in [9.17, 15) is 14.0 Å². The second-order valence-electron chi connectivity index (χ2n) is 6.09. The van der Waals surface area contributed by atoms with E-state index in [0.29, 0.717) is 17.2 Å². The van der Waals surface area contributed by atoms with E-state index in [0.717, 1.165) is 5.69 Å². The zero-order valence-electron chi connectivity index (χ0n) is 15.4. The van der Waals surface area contributed by atoms with Gasteiger partial charge in [0.15, 0.2) is 5.76 Å². The second-order valence-corrected chi connectivity index (χ2v) is 6.09. The summed E-state index contributed by atoms with van der Waals surface area (Å²) in [6.07, 6.45) is 0. The van der Waals surface area contributed by atoms with Crippen molar-refractivity contribution in [2.75, 3.05) is 17.3 Å². The summed E-state index contributed by atoms with van der Waals surface area (Å²) in [4.78, 5) is 25.2. The highest BCUT2D eigenvalue weighted by atomic mass is 19.1. The van der Waals surface area contributed by atoms with Crippen LogP contribution in [0.3, 0.4) is 0 Å². The minimum Gasteiger partial charge on any atom is -0.486 e. The Morgan fingerprint density at radius 3 is 2.36 bits per heavy atom. The molecule has 0 radical (unpaired) electrons. The number of carbonyl (C=O) groups excluding carboxylic acids is 2. The summed E-state index contributed by atoms with van der Waals surface area (Å²) >= 11 is 0. The Bertz CT molecular complexity index is 965. The number of anilines is 2. The monoisotopic (exact) mass is 382 g/mol. The van der Waals surface area contributed by atoms with Crippen LogP contribution in [0.2, 0.25) is 0 Å². The normalized spacial score (nSPS) is 10.4. The summed E-state index contributed by atoms with van der Waals surface area (Å²) in [5, 5.41) is 2.73. The maximum Gasteiger partial charge on any atom is 0.291 e. The minimum atomic E-state index is -0.402. The first-order valence-electron chi connectivity index (χ1n) is 8.55. The largest absolute Gasteiger partial charge is 0.486 e. The van der Waals surface area contributed by atoms with Crippen molar-refractivity contribution in [2.45, 2.75) is 13.5 Å². The molecule has 2 amide bonds. The average Bonchev–Trinajstić information content (AvgIpc) is 3.17. The van der Waals surface area contributed by atoms with Gasteiger partial charge >= 0.3 is 0 Å². The molecule has 1 N–H and O–H groups in total. The summed E-state index contributed by atoms with van der Waals surface area (Å²) in [5.74, 6) is 0.281. The SMILES string of the molecule is CC(=O)N(C)c1ccc(NC(=O)c2ccc(COc3ccc(F)cc3)o2)cc1. The van der Waals surface area contributed by atoms with Crippen molar-refractivity contribution >= 4 is 23.2 Å². The van der Waals surface area contributed by atoms with E-state index in [1.807, 2.05) is 0 Å². The standard InChI is InChI=1S/C21H19FN2O4/c1-14(25)24(2)17-7-5-16(6-8-17)23-21(26)20-12-11-19(28-20)13-27-18-9-3-15(22)4-10-18/h3-12H,13H2,1-2H3,(H,23,26). The Morgan fingerprint density at radius 2 is 1.71 bits per heavy atom. The van der Waals surface area contributed by atoms with Crippen LogP contribution in [0.15, 0.2) is 65.1 Å². The van der Waals surface area contributed by atoms with Crippen molar-refractivity contribution in [3.05, 3.63) is 78.0 Å². The molecular weight excluding hydrogens is 363 g/mol. The predicted octanol–water partition coefficient (Wildman–Crippen LogP) is 4.23. The minimum absolute atomic E-state index is 0.0808. The van der Waals surface area contributed by atoms with Gasteiger partial charge in [0.05, 0.1) is 0 Å². The predicted molar refractivity (Wildman–Crippen MR) is 103 cm³/mol. The fourth-order valence-electron chi connectivity index (χ4n) is 2.41. The Kier molecular flexibility index (Phi) is 5.74. The van der Waals surface area contributed by atoms with Crippen LogP contribution in [-0.2, 0) is 11.4 Å². The van der Waals surface area contributed by atoms with Crippen molar-refractivity contribution in [1.29, 1.82) is 0 Å². The Morgan fingerprint density at radius 1 is 1.04 bits per heavy atom. The third-order valence-electron chi connectivity index (χ3n) is 4.06. The molecule has 0 spiro atoms. The Balaban J connectivity index is 1.57. The molecule has 28 heavy (non-hydrogen) atoms. The topological polar surface area (TPSA) is 71.8 Å². The number of rotatable bonds is 6. The van der Waals surface area contributed by atoms with Gasteiger partial charge in [-0.15, -0.1) is 0 Å². The van der Waals surface area contributed by atoms with Gasteiger partial charge in [-0.1, -0.05) is 0 Å². The molecule has 0 aliphatic rings. The zero-order valence-corrected chi connectivity index (χ0v) is 15.4. The number of nitrogens with zero attached hydrogens (tertiary/aromatic N) is 1. The van der Waals surface area contributed by atoms with Crippen molar-refractivity contribution < 1.29 is 23.1 Å². The van der Waals surface area contributed by atoms with Gasteiger partial charge in [0.25, 0.3) is 5.91 Å². The molecule has 2 aromatic carbocycles. The van der Waals surface area contributed by atoms with Gasteiger partial charge < -0.3 is 19.4 Å². The number of benzene rings is 2. The molecule has 0 unspecified atom stereocenters. The van der Waals surface area contributed by atoms with Crippen LogP contribution >= 0.6 is 0 Å². The highest BCUT2D eigenvalue weighted by molar-refractivity contribution is 6.02. The fraction of sp³-hybridized carbons (Fsp3) is 0.143. The van der Waals surface area contributed by atoms with E-state index >= 15 is 0 Å². The lowest BCUT2D eigenvalue weighted by Gasteiger charge is -2.15. The molecule has 0 aliphatic carbocycles. The summed E-state index contributed by atoms with van der Waals surface area (Å²) < 4.78 is 23.9. The van der Waals surface area contributed by atoms with Gasteiger partial charge in [0, 0.05) is 25.3 Å². The highest BCUT2D eigenvalue weighted by Gasteiger charge is 2.13. The molecule has 1 aromatic heterocycles.